The molecule has 0 aliphatic rings. The van der Waals surface area contributed by atoms with Gasteiger partial charge in [-0.2, -0.15) is 0 Å². The first-order chi connectivity index (χ1) is 19.8. The molecular weight excluding hydrogens is 621 g/mol. The van der Waals surface area contributed by atoms with E-state index in [1.807, 2.05) is 20.8 Å². The van der Waals surface area contributed by atoms with Crippen molar-refractivity contribution in [3.8, 4) is 5.75 Å². The first kappa shape index (κ1) is 33.5. The fourth-order valence-electron chi connectivity index (χ4n) is 4.31. The number of amides is 2. The average Bonchev–Trinajstić information content (AvgIpc) is 2.93. The normalized spacial score (nSPS) is 12.1. The van der Waals surface area contributed by atoms with Gasteiger partial charge in [-0.05, 0) is 75.2 Å². The van der Waals surface area contributed by atoms with E-state index < -0.39 is 28.5 Å². The number of nitrogens with one attached hydrogen (secondary N) is 1. The second-order valence-corrected chi connectivity index (χ2v) is 13.1. The molecule has 0 saturated carbocycles. The van der Waals surface area contributed by atoms with Gasteiger partial charge in [0.05, 0.1) is 32.8 Å². The number of anilines is 1. The molecule has 0 heterocycles. The highest BCUT2D eigenvalue weighted by molar-refractivity contribution is 7.92. The summed E-state index contributed by atoms with van der Waals surface area (Å²) in [5.41, 5.74) is 1.65. The van der Waals surface area contributed by atoms with Gasteiger partial charge in [-0.3, -0.25) is 13.9 Å². The molecule has 0 aromatic heterocycles. The smallest absolute Gasteiger partial charge is 0.264 e. The molecule has 0 aliphatic heterocycles. The number of halogens is 3. The Morgan fingerprint density at radius 2 is 1.60 bits per heavy atom. The molecule has 3 aromatic rings. The van der Waals surface area contributed by atoms with Gasteiger partial charge in [-0.1, -0.05) is 65.5 Å². The topological polar surface area (TPSA) is 96.0 Å². The zero-order valence-corrected chi connectivity index (χ0v) is 27.1. The average molecular weight is 655 g/mol. The summed E-state index contributed by atoms with van der Waals surface area (Å²) >= 11 is 18.7. The highest BCUT2D eigenvalue weighted by atomic mass is 35.5. The molecule has 1 N–H and O–H groups in total. The second-order valence-electron chi connectivity index (χ2n) is 10.0. The third-order valence-corrected chi connectivity index (χ3v) is 9.29. The summed E-state index contributed by atoms with van der Waals surface area (Å²) in [4.78, 5) is 28.7. The van der Waals surface area contributed by atoms with Crippen molar-refractivity contribution >= 4 is 62.3 Å². The standard InChI is InChI=1S/C30H34Cl3N3O5S/c1-6-27(30(38)34-19(2)3)35(17-21-9-13-24(31)25(32)15-21)29(37)18-36(22-10-14-28(41-5)26(33)16-22)42(39,40)23-11-7-20(4)8-12-23/h7-16,19,27H,6,17-18H2,1-5H3,(H,34,38)/t27-/m1/s1. The second kappa shape index (κ2) is 14.5. The molecule has 3 aromatic carbocycles. The summed E-state index contributed by atoms with van der Waals surface area (Å²) in [6, 6.07) is 14.6. The Bertz CT molecular complexity index is 1530. The lowest BCUT2D eigenvalue weighted by Crippen LogP contribution is -2.53. The lowest BCUT2D eigenvalue weighted by Gasteiger charge is -2.33. The third-order valence-electron chi connectivity index (χ3n) is 6.46. The van der Waals surface area contributed by atoms with Crippen molar-refractivity contribution in [2.24, 2.45) is 0 Å². The van der Waals surface area contributed by atoms with Crippen LogP contribution in [0.1, 0.15) is 38.3 Å². The van der Waals surface area contributed by atoms with Crippen LogP contribution in [0, 0.1) is 6.92 Å². The minimum absolute atomic E-state index is 0.00605. The van der Waals surface area contributed by atoms with Crippen LogP contribution in [0.5, 0.6) is 5.75 Å². The monoisotopic (exact) mass is 653 g/mol. The van der Waals surface area contributed by atoms with Gasteiger partial charge in [0, 0.05) is 12.6 Å². The Balaban J connectivity index is 2.11. The maximum absolute atomic E-state index is 14.1. The summed E-state index contributed by atoms with van der Waals surface area (Å²) in [6.45, 7) is 6.64. The first-order valence-corrected chi connectivity index (χ1v) is 15.8. The van der Waals surface area contributed by atoms with E-state index in [-0.39, 0.29) is 45.5 Å². The fraction of sp³-hybridized carbons (Fsp3) is 0.333. The number of carbonyl (C=O) groups is 2. The van der Waals surface area contributed by atoms with E-state index in [9.17, 15) is 18.0 Å². The SMILES string of the molecule is CC[C@H](C(=O)NC(C)C)N(Cc1ccc(Cl)c(Cl)c1)C(=O)CN(c1ccc(OC)c(Cl)c1)S(=O)(=O)c1ccc(C)cc1. The van der Waals surface area contributed by atoms with Crippen LogP contribution in [0.2, 0.25) is 15.1 Å². The molecule has 0 radical (unpaired) electrons. The van der Waals surface area contributed by atoms with Crippen LogP contribution in [0.4, 0.5) is 5.69 Å². The van der Waals surface area contributed by atoms with Gasteiger partial charge in [0.1, 0.15) is 18.3 Å². The zero-order valence-electron chi connectivity index (χ0n) is 24.0. The molecule has 1 atom stereocenters. The van der Waals surface area contributed by atoms with E-state index in [1.165, 1.54) is 42.3 Å². The van der Waals surface area contributed by atoms with Crippen LogP contribution in [0.15, 0.2) is 65.6 Å². The number of ether oxygens (including phenoxy) is 1. The van der Waals surface area contributed by atoms with Gasteiger partial charge in [-0.15, -0.1) is 0 Å². The van der Waals surface area contributed by atoms with Crippen LogP contribution in [-0.4, -0.2) is 50.9 Å². The van der Waals surface area contributed by atoms with Crippen molar-refractivity contribution in [1.29, 1.82) is 0 Å². The maximum atomic E-state index is 14.1. The van der Waals surface area contributed by atoms with E-state index in [2.05, 4.69) is 5.32 Å². The Hall–Kier alpha value is -2.98. The number of hydrogen-bond acceptors (Lipinski definition) is 5. The van der Waals surface area contributed by atoms with Gasteiger partial charge < -0.3 is 15.0 Å². The molecule has 3 rings (SSSR count). The van der Waals surface area contributed by atoms with Gasteiger partial charge in [0.15, 0.2) is 0 Å². The third kappa shape index (κ3) is 8.10. The van der Waals surface area contributed by atoms with Crippen LogP contribution in [-0.2, 0) is 26.2 Å². The van der Waals surface area contributed by atoms with E-state index >= 15 is 0 Å². The minimum atomic E-state index is -4.25. The Labute approximate surface area is 262 Å². The number of methoxy groups -OCH3 is 1. The van der Waals surface area contributed by atoms with E-state index in [1.54, 1.807) is 37.3 Å². The van der Waals surface area contributed by atoms with Gasteiger partial charge in [0.2, 0.25) is 11.8 Å². The predicted octanol–water partition coefficient (Wildman–Crippen LogP) is 6.49. The van der Waals surface area contributed by atoms with Crippen LogP contribution >= 0.6 is 34.8 Å². The first-order valence-electron chi connectivity index (χ1n) is 13.2. The number of carbonyl (C=O) groups excluding carboxylic acids is 2. The Morgan fingerprint density at radius 1 is 0.929 bits per heavy atom. The van der Waals surface area contributed by atoms with Crippen LogP contribution in [0.3, 0.4) is 0 Å². The number of rotatable bonds is 12. The van der Waals surface area contributed by atoms with Crippen LogP contribution < -0.4 is 14.4 Å². The summed E-state index contributed by atoms with van der Waals surface area (Å²) in [7, 11) is -2.80. The fourth-order valence-corrected chi connectivity index (χ4v) is 6.29. The molecule has 0 bridgehead atoms. The van der Waals surface area contributed by atoms with Crippen molar-refractivity contribution in [3.05, 3.63) is 86.9 Å². The van der Waals surface area contributed by atoms with E-state index in [0.717, 1.165) is 9.87 Å². The van der Waals surface area contributed by atoms with Gasteiger partial charge >= 0.3 is 0 Å². The quantitative estimate of drug-likeness (QED) is 0.241. The molecule has 0 unspecified atom stereocenters. The highest BCUT2D eigenvalue weighted by Crippen LogP contribution is 2.32. The zero-order chi connectivity index (χ0) is 31.2. The van der Waals surface area contributed by atoms with Crippen molar-refractivity contribution < 1.29 is 22.7 Å². The molecule has 0 spiro atoms. The van der Waals surface area contributed by atoms with E-state index in [0.29, 0.717) is 16.3 Å². The molecular formula is C30H34Cl3N3O5S. The number of benzene rings is 3. The summed E-state index contributed by atoms with van der Waals surface area (Å²) in [6.07, 6.45) is 0.282. The number of nitrogens with zero attached hydrogens (tertiary/aromatic N) is 2. The van der Waals surface area contributed by atoms with Crippen LogP contribution in [0.25, 0.3) is 0 Å². The molecule has 0 saturated heterocycles. The van der Waals surface area contributed by atoms with Gasteiger partial charge in [-0.25, -0.2) is 8.42 Å². The number of hydrogen-bond donors (Lipinski definition) is 1. The molecule has 0 aliphatic carbocycles. The minimum Gasteiger partial charge on any atom is -0.495 e. The molecule has 12 heteroatoms. The summed E-state index contributed by atoms with van der Waals surface area (Å²) < 4.78 is 34.2. The van der Waals surface area contributed by atoms with E-state index in [4.69, 9.17) is 39.5 Å². The maximum Gasteiger partial charge on any atom is 0.264 e. The highest BCUT2D eigenvalue weighted by Gasteiger charge is 2.34. The van der Waals surface area contributed by atoms with Crippen molar-refractivity contribution in [1.82, 2.24) is 10.2 Å². The predicted molar refractivity (Wildman–Crippen MR) is 168 cm³/mol. The van der Waals surface area contributed by atoms with Crippen molar-refractivity contribution in [2.75, 3.05) is 18.0 Å². The number of aryl methyl sites for hydroxylation is 1. The van der Waals surface area contributed by atoms with Gasteiger partial charge in [0.25, 0.3) is 10.0 Å². The summed E-state index contributed by atoms with van der Waals surface area (Å²) in [5.74, 6) is -0.618. The largest absolute Gasteiger partial charge is 0.495 e. The Kier molecular flexibility index (Phi) is 11.5. The lowest BCUT2D eigenvalue weighted by atomic mass is 10.1. The summed E-state index contributed by atoms with van der Waals surface area (Å²) in [5, 5.41) is 3.66. The Morgan fingerprint density at radius 3 is 2.14 bits per heavy atom. The lowest BCUT2D eigenvalue weighted by molar-refractivity contribution is -0.140. The molecule has 226 valence electrons. The van der Waals surface area contributed by atoms with Crippen molar-refractivity contribution in [2.45, 2.75) is 57.6 Å². The molecule has 0 fully saturated rings. The molecule has 2 amide bonds. The van der Waals surface area contributed by atoms with Crippen molar-refractivity contribution in [3.63, 3.8) is 0 Å². The molecule has 42 heavy (non-hydrogen) atoms. The number of sulfonamides is 1. The molecule has 8 nitrogen and oxygen atoms in total.